The minimum Gasteiger partial charge on any atom is -0.361 e. The van der Waals surface area contributed by atoms with Crippen molar-refractivity contribution in [3.8, 4) is 11.3 Å². The first-order valence-electron chi connectivity index (χ1n) is 8.46. The minimum absolute atomic E-state index is 0.133. The number of hydrogen-bond donors (Lipinski definition) is 1. The Bertz CT molecular complexity index is 902. The average molecular weight is 350 g/mol. The Kier molecular flexibility index (Phi) is 5.26. The smallest absolute Gasteiger partial charge is 0.251 e. The maximum absolute atomic E-state index is 12.6. The third kappa shape index (κ3) is 3.72. The van der Waals surface area contributed by atoms with E-state index in [0.29, 0.717) is 12.1 Å². The van der Waals surface area contributed by atoms with Crippen LogP contribution >= 0.6 is 0 Å². The summed E-state index contributed by atoms with van der Waals surface area (Å²) >= 11 is 0. The molecule has 3 aromatic rings. The van der Waals surface area contributed by atoms with Gasteiger partial charge in [-0.15, -0.1) is 0 Å². The molecule has 0 saturated carbocycles. The summed E-state index contributed by atoms with van der Waals surface area (Å²) in [6.07, 6.45) is 6.84. The molecule has 0 bridgehead atoms. The molecule has 0 unspecified atom stereocenters. The summed E-state index contributed by atoms with van der Waals surface area (Å²) < 4.78 is 2.00. The van der Waals surface area contributed by atoms with Crippen LogP contribution in [0.25, 0.3) is 11.3 Å². The van der Waals surface area contributed by atoms with E-state index in [4.69, 9.17) is 0 Å². The van der Waals surface area contributed by atoms with Crippen LogP contribution in [0.1, 0.15) is 23.0 Å². The van der Waals surface area contributed by atoms with Crippen LogP contribution in [0.3, 0.4) is 0 Å². The van der Waals surface area contributed by atoms with Gasteiger partial charge in [0.25, 0.3) is 5.91 Å². The largest absolute Gasteiger partial charge is 0.361 e. The summed E-state index contributed by atoms with van der Waals surface area (Å²) in [4.78, 5) is 27.4. The molecular formula is C19H22N6O. The van der Waals surface area contributed by atoms with Gasteiger partial charge in [0, 0.05) is 50.4 Å². The second-order valence-corrected chi connectivity index (χ2v) is 6.06. The number of carbonyl (C=O) groups is 1. The molecule has 1 N–H and O–H groups in total. The van der Waals surface area contributed by atoms with Crippen molar-refractivity contribution in [3.63, 3.8) is 0 Å². The molecule has 134 valence electrons. The fraction of sp³-hybridized carbons (Fsp3) is 0.263. The molecule has 0 aliphatic heterocycles. The number of carbonyl (C=O) groups excluding carboxylic acids is 1. The molecular weight excluding hydrogens is 328 g/mol. The van der Waals surface area contributed by atoms with Crippen LogP contribution in [-0.2, 0) is 13.1 Å². The normalized spacial score (nSPS) is 10.6. The number of rotatable bonds is 6. The number of benzene rings is 1. The number of hydrogen-bond acceptors (Lipinski definition) is 5. The van der Waals surface area contributed by atoms with Gasteiger partial charge in [-0.05, 0) is 19.1 Å². The van der Waals surface area contributed by atoms with Crippen molar-refractivity contribution in [2.75, 3.05) is 19.0 Å². The lowest BCUT2D eigenvalue weighted by Crippen LogP contribution is -2.24. The molecule has 0 fully saturated rings. The molecule has 0 spiro atoms. The van der Waals surface area contributed by atoms with E-state index < -0.39 is 0 Å². The Morgan fingerprint density at radius 1 is 1.23 bits per heavy atom. The second-order valence-electron chi connectivity index (χ2n) is 6.06. The van der Waals surface area contributed by atoms with Gasteiger partial charge < -0.3 is 14.8 Å². The Balaban J connectivity index is 1.80. The minimum atomic E-state index is -0.133. The molecule has 0 radical (unpaired) electrons. The van der Waals surface area contributed by atoms with Crippen molar-refractivity contribution < 1.29 is 4.79 Å². The topological polar surface area (TPSA) is 75.9 Å². The van der Waals surface area contributed by atoms with Crippen molar-refractivity contribution in [1.82, 2.24) is 24.8 Å². The van der Waals surface area contributed by atoms with Crippen LogP contribution in [0.2, 0.25) is 0 Å². The van der Waals surface area contributed by atoms with Crippen molar-refractivity contribution in [2.45, 2.75) is 20.0 Å². The monoisotopic (exact) mass is 350 g/mol. The van der Waals surface area contributed by atoms with Gasteiger partial charge in [0.1, 0.15) is 5.69 Å². The molecule has 2 aromatic heterocycles. The summed E-state index contributed by atoms with van der Waals surface area (Å²) in [6, 6.07) is 7.42. The third-order valence-corrected chi connectivity index (χ3v) is 4.07. The van der Waals surface area contributed by atoms with E-state index in [-0.39, 0.29) is 5.91 Å². The number of anilines is 1. The lowest BCUT2D eigenvalue weighted by atomic mass is 10.1. The standard InChI is InChI=1S/C19H22N6O/c1-4-25-13-20-11-16(25)12-23-19(26)15-7-5-6-14(10-15)17-18(24(2)3)22-9-8-21-17/h5-11,13H,4,12H2,1-3H3,(H,23,26). The summed E-state index contributed by atoms with van der Waals surface area (Å²) in [5.74, 6) is 0.628. The predicted octanol–water partition coefficient (Wildman–Crippen LogP) is 2.36. The molecule has 1 amide bonds. The van der Waals surface area contributed by atoms with Crippen LogP contribution in [0.4, 0.5) is 5.82 Å². The van der Waals surface area contributed by atoms with Crippen molar-refractivity contribution in [1.29, 1.82) is 0 Å². The zero-order valence-electron chi connectivity index (χ0n) is 15.2. The van der Waals surface area contributed by atoms with Gasteiger partial charge in [-0.1, -0.05) is 12.1 Å². The first kappa shape index (κ1) is 17.6. The molecule has 7 nitrogen and oxygen atoms in total. The zero-order valence-corrected chi connectivity index (χ0v) is 15.2. The van der Waals surface area contributed by atoms with Crippen LogP contribution < -0.4 is 10.2 Å². The van der Waals surface area contributed by atoms with Crippen LogP contribution in [0, 0.1) is 0 Å². The number of amides is 1. The number of imidazole rings is 1. The second kappa shape index (κ2) is 7.77. The first-order valence-corrected chi connectivity index (χ1v) is 8.46. The van der Waals surface area contributed by atoms with Gasteiger partial charge in [-0.2, -0.15) is 0 Å². The third-order valence-electron chi connectivity index (χ3n) is 4.07. The lowest BCUT2D eigenvalue weighted by Gasteiger charge is -2.15. The van der Waals surface area contributed by atoms with Gasteiger partial charge >= 0.3 is 0 Å². The van der Waals surface area contributed by atoms with E-state index in [9.17, 15) is 4.79 Å². The summed E-state index contributed by atoms with van der Waals surface area (Å²) in [5.41, 5.74) is 3.16. The molecule has 26 heavy (non-hydrogen) atoms. The molecule has 0 aliphatic carbocycles. The predicted molar refractivity (Wildman–Crippen MR) is 101 cm³/mol. The lowest BCUT2D eigenvalue weighted by molar-refractivity contribution is 0.0950. The quantitative estimate of drug-likeness (QED) is 0.738. The Morgan fingerprint density at radius 3 is 2.81 bits per heavy atom. The van der Waals surface area contributed by atoms with E-state index in [1.165, 1.54) is 0 Å². The highest BCUT2D eigenvalue weighted by Crippen LogP contribution is 2.25. The zero-order chi connectivity index (χ0) is 18.5. The highest BCUT2D eigenvalue weighted by atomic mass is 16.1. The van der Waals surface area contributed by atoms with Crippen molar-refractivity contribution >= 4 is 11.7 Å². The molecule has 0 saturated heterocycles. The Labute approximate surface area is 152 Å². The molecule has 2 heterocycles. The van der Waals surface area contributed by atoms with Gasteiger partial charge in [0.2, 0.25) is 0 Å². The van der Waals surface area contributed by atoms with E-state index in [1.54, 1.807) is 31.0 Å². The van der Waals surface area contributed by atoms with Gasteiger partial charge in [0.15, 0.2) is 5.82 Å². The number of aromatic nitrogens is 4. The molecule has 3 rings (SSSR count). The summed E-state index contributed by atoms with van der Waals surface area (Å²) in [5, 5.41) is 2.95. The van der Waals surface area contributed by atoms with Crippen molar-refractivity contribution in [3.05, 3.63) is 60.4 Å². The SMILES string of the molecule is CCn1cncc1CNC(=O)c1cccc(-c2nccnc2N(C)C)c1. The summed E-state index contributed by atoms with van der Waals surface area (Å²) in [6.45, 7) is 3.30. The average Bonchev–Trinajstić information content (AvgIpc) is 3.13. The highest BCUT2D eigenvalue weighted by molar-refractivity contribution is 5.95. The molecule has 0 atom stereocenters. The van der Waals surface area contributed by atoms with E-state index in [2.05, 4.69) is 20.3 Å². The Hall–Kier alpha value is -3.22. The van der Waals surface area contributed by atoms with Gasteiger partial charge in [-0.3, -0.25) is 9.78 Å². The maximum Gasteiger partial charge on any atom is 0.251 e. The summed E-state index contributed by atoms with van der Waals surface area (Å²) in [7, 11) is 3.84. The van der Waals surface area contributed by atoms with E-state index in [1.807, 2.05) is 48.7 Å². The number of aryl methyl sites for hydroxylation is 1. The Morgan fingerprint density at radius 2 is 2.04 bits per heavy atom. The first-order chi connectivity index (χ1) is 12.6. The maximum atomic E-state index is 12.6. The van der Waals surface area contributed by atoms with E-state index >= 15 is 0 Å². The van der Waals surface area contributed by atoms with Gasteiger partial charge in [0.05, 0.1) is 18.6 Å². The van der Waals surface area contributed by atoms with Crippen molar-refractivity contribution in [2.24, 2.45) is 0 Å². The van der Waals surface area contributed by atoms with Crippen LogP contribution in [-0.4, -0.2) is 39.5 Å². The molecule has 0 aliphatic rings. The van der Waals surface area contributed by atoms with Crippen LogP contribution in [0.5, 0.6) is 0 Å². The fourth-order valence-electron chi connectivity index (χ4n) is 2.72. The molecule has 7 heteroatoms. The fourth-order valence-corrected chi connectivity index (χ4v) is 2.72. The van der Waals surface area contributed by atoms with E-state index in [0.717, 1.165) is 29.3 Å². The highest BCUT2D eigenvalue weighted by Gasteiger charge is 2.13. The molecule has 1 aromatic carbocycles. The number of nitrogens with one attached hydrogen (secondary N) is 1. The van der Waals surface area contributed by atoms with Gasteiger partial charge in [-0.25, -0.2) is 9.97 Å². The number of nitrogens with zero attached hydrogens (tertiary/aromatic N) is 5. The van der Waals surface area contributed by atoms with Crippen LogP contribution in [0.15, 0.2) is 49.2 Å².